The summed E-state index contributed by atoms with van der Waals surface area (Å²) < 4.78 is 0. The fourth-order valence-corrected chi connectivity index (χ4v) is 11.9. The van der Waals surface area contributed by atoms with Crippen LogP contribution in [0, 0.1) is 27.7 Å². The van der Waals surface area contributed by atoms with Crippen molar-refractivity contribution in [3.8, 4) is 55.6 Å². The molecular formula is C70H60N2. The molecule has 0 bridgehead atoms. The summed E-state index contributed by atoms with van der Waals surface area (Å²) in [5, 5.41) is 0. The summed E-state index contributed by atoms with van der Waals surface area (Å²) >= 11 is 0. The summed E-state index contributed by atoms with van der Waals surface area (Å²) in [6.07, 6.45) is 0. The van der Waals surface area contributed by atoms with Gasteiger partial charge in [0.1, 0.15) is 0 Å². The Morgan fingerprint density at radius 1 is 0.264 bits per heavy atom. The molecule has 10 aromatic carbocycles. The zero-order chi connectivity index (χ0) is 49.5. The predicted molar refractivity (Wildman–Crippen MR) is 306 cm³/mol. The Balaban J connectivity index is 0.922. The van der Waals surface area contributed by atoms with Gasteiger partial charge < -0.3 is 9.80 Å². The SMILES string of the molecule is Cc1ccc(N(c2ccc(-c3ccc(N(c4ccc(C)cc4)c4ccccc4-c4ccc5c(c4)C(C)(C)c4ccccc4-5)c(C)c3)cc2C)c2ccccc2-c2ccc3c(c2)C(C)(C)c2ccccc2-3)cc1. The number of rotatable bonds is 9. The van der Waals surface area contributed by atoms with Gasteiger partial charge in [-0.2, -0.15) is 0 Å². The van der Waals surface area contributed by atoms with Gasteiger partial charge in [0.05, 0.1) is 11.4 Å². The monoisotopic (exact) mass is 928 g/mol. The maximum absolute atomic E-state index is 2.45. The van der Waals surface area contributed by atoms with Crippen molar-refractivity contribution in [1.82, 2.24) is 0 Å². The maximum Gasteiger partial charge on any atom is 0.0540 e. The molecule has 0 N–H and O–H groups in total. The molecule has 350 valence electrons. The van der Waals surface area contributed by atoms with Gasteiger partial charge in [-0.3, -0.25) is 0 Å². The summed E-state index contributed by atoms with van der Waals surface area (Å²) in [5.41, 5.74) is 29.7. The molecule has 0 aromatic heterocycles. The minimum absolute atomic E-state index is 0.0892. The molecule has 12 rings (SSSR count). The van der Waals surface area contributed by atoms with E-state index in [9.17, 15) is 0 Å². The first-order valence-electron chi connectivity index (χ1n) is 25.5. The van der Waals surface area contributed by atoms with E-state index in [-0.39, 0.29) is 10.8 Å². The van der Waals surface area contributed by atoms with Crippen molar-refractivity contribution in [3.05, 3.63) is 263 Å². The van der Waals surface area contributed by atoms with E-state index in [0.717, 1.165) is 34.1 Å². The highest BCUT2D eigenvalue weighted by Gasteiger charge is 2.37. The lowest BCUT2D eigenvalue weighted by molar-refractivity contribution is 0.660. The lowest BCUT2D eigenvalue weighted by Crippen LogP contribution is -2.15. The average Bonchev–Trinajstić information content (AvgIpc) is 3.77. The van der Waals surface area contributed by atoms with Gasteiger partial charge in [-0.15, -0.1) is 0 Å². The van der Waals surface area contributed by atoms with Gasteiger partial charge in [0.15, 0.2) is 0 Å². The molecule has 2 nitrogen and oxygen atoms in total. The number of aryl methyl sites for hydroxylation is 4. The van der Waals surface area contributed by atoms with Gasteiger partial charge in [0.25, 0.3) is 0 Å². The zero-order valence-electron chi connectivity index (χ0n) is 42.7. The summed E-state index contributed by atoms with van der Waals surface area (Å²) in [5.74, 6) is 0. The van der Waals surface area contributed by atoms with E-state index in [4.69, 9.17) is 0 Å². The molecule has 0 atom stereocenters. The average molecular weight is 929 g/mol. The standard InChI is InChI=1S/C70H60N2/c1-45-25-33-53(34-26-45)71(67-23-15-11-17-55(67)51-29-37-59-57-19-9-13-21-61(57)69(5,6)63(59)43-51)65-39-31-49(41-47(65)3)50-32-40-66(48(4)42-50)72(54-35-27-46(2)28-36-54)68-24-16-12-18-56(68)52-30-38-60-58-20-10-14-22-62(58)70(7,8)64(60)44-52/h9-44H,1-8H3. The minimum Gasteiger partial charge on any atom is -0.310 e. The largest absolute Gasteiger partial charge is 0.310 e. The lowest BCUT2D eigenvalue weighted by atomic mass is 9.81. The van der Waals surface area contributed by atoms with Crippen LogP contribution in [0.5, 0.6) is 0 Å². The first kappa shape index (κ1) is 45.0. The first-order chi connectivity index (χ1) is 34.9. The van der Waals surface area contributed by atoms with Crippen LogP contribution in [0.1, 0.15) is 72.2 Å². The molecule has 72 heavy (non-hydrogen) atoms. The summed E-state index contributed by atoms with van der Waals surface area (Å²) in [6.45, 7) is 18.3. The topological polar surface area (TPSA) is 6.48 Å². The molecule has 2 heteroatoms. The summed E-state index contributed by atoms with van der Waals surface area (Å²) in [7, 11) is 0. The lowest BCUT2D eigenvalue weighted by Gasteiger charge is -2.30. The van der Waals surface area contributed by atoms with Crippen LogP contribution in [0.3, 0.4) is 0 Å². The Morgan fingerprint density at radius 3 is 0.986 bits per heavy atom. The van der Waals surface area contributed by atoms with Gasteiger partial charge in [-0.05, 0) is 178 Å². The van der Waals surface area contributed by atoms with Gasteiger partial charge in [0.2, 0.25) is 0 Å². The van der Waals surface area contributed by atoms with E-state index in [2.05, 4.69) is 284 Å². The van der Waals surface area contributed by atoms with Crippen molar-refractivity contribution in [3.63, 3.8) is 0 Å². The predicted octanol–water partition coefficient (Wildman–Crippen LogP) is 19.5. The van der Waals surface area contributed by atoms with E-state index < -0.39 is 0 Å². The number of hydrogen-bond acceptors (Lipinski definition) is 2. The molecule has 0 aliphatic heterocycles. The smallest absolute Gasteiger partial charge is 0.0540 e. The Hall–Kier alpha value is -8.20. The van der Waals surface area contributed by atoms with Gasteiger partial charge >= 0.3 is 0 Å². The van der Waals surface area contributed by atoms with Crippen molar-refractivity contribution in [2.75, 3.05) is 9.80 Å². The molecule has 0 unspecified atom stereocenters. The van der Waals surface area contributed by atoms with Crippen molar-refractivity contribution in [2.45, 2.75) is 66.2 Å². The van der Waals surface area contributed by atoms with E-state index >= 15 is 0 Å². The molecule has 0 heterocycles. The second-order valence-corrected chi connectivity index (χ2v) is 21.2. The molecule has 2 aliphatic carbocycles. The third kappa shape index (κ3) is 7.39. The van der Waals surface area contributed by atoms with Crippen molar-refractivity contribution in [2.24, 2.45) is 0 Å². The molecule has 2 aliphatic rings. The number of nitrogens with zero attached hydrogens (tertiary/aromatic N) is 2. The van der Waals surface area contributed by atoms with Crippen LogP contribution in [-0.4, -0.2) is 0 Å². The molecular weight excluding hydrogens is 869 g/mol. The van der Waals surface area contributed by atoms with Crippen LogP contribution in [0.15, 0.2) is 218 Å². The summed E-state index contributed by atoms with van der Waals surface area (Å²) in [6, 6.07) is 81.7. The Morgan fingerprint density at radius 2 is 0.597 bits per heavy atom. The normalized spacial score (nSPS) is 13.5. The highest BCUT2D eigenvalue weighted by molar-refractivity contribution is 5.94. The number of hydrogen-bond donors (Lipinski definition) is 0. The Bertz CT molecular complexity index is 3490. The second-order valence-electron chi connectivity index (χ2n) is 21.2. The van der Waals surface area contributed by atoms with E-state index in [0.29, 0.717) is 0 Å². The van der Waals surface area contributed by atoms with E-state index in [1.54, 1.807) is 0 Å². The van der Waals surface area contributed by atoms with Crippen LogP contribution in [0.25, 0.3) is 55.6 Å². The van der Waals surface area contributed by atoms with Crippen molar-refractivity contribution in [1.29, 1.82) is 0 Å². The molecule has 0 spiro atoms. The number of fused-ring (bicyclic) bond motifs is 6. The number of para-hydroxylation sites is 2. The van der Waals surface area contributed by atoms with Crippen molar-refractivity contribution < 1.29 is 0 Å². The third-order valence-electron chi connectivity index (χ3n) is 15.9. The number of benzene rings is 10. The quantitative estimate of drug-likeness (QED) is 0.142. The molecule has 0 amide bonds. The van der Waals surface area contributed by atoms with Crippen LogP contribution in [0.4, 0.5) is 34.1 Å². The zero-order valence-corrected chi connectivity index (χ0v) is 42.7. The fraction of sp³-hybridized carbons (Fsp3) is 0.143. The van der Waals surface area contributed by atoms with Crippen LogP contribution in [0.2, 0.25) is 0 Å². The van der Waals surface area contributed by atoms with E-state index in [1.165, 1.54) is 100 Å². The molecule has 0 radical (unpaired) electrons. The Kier molecular flexibility index (Phi) is 10.8. The van der Waals surface area contributed by atoms with Crippen LogP contribution < -0.4 is 9.80 Å². The second kappa shape index (κ2) is 17.3. The molecule has 0 saturated carbocycles. The van der Waals surface area contributed by atoms with Gasteiger partial charge in [-0.1, -0.05) is 184 Å². The van der Waals surface area contributed by atoms with E-state index in [1.807, 2.05) is 0 Å². The van der Waals surface area contributed by atoms with Crippen LogP contribution in [-0.2, 0) is 10.8 Å². The van der Waals surface area contributed by atoms with Crippen molar-refractivity contribution >= 4 is 34.1 Å². The molecule has 0 fully saturated rings. The molecule has 10 aromatic rings. The third-order valence-corrected chi connectivity index (χ3v) is 15.9. The Labute approximate surface area is 426 Å². The first-order valence-corrected chi connectivity index (χ1v) is 25.5. The number of anilines is 6. The van der Waals surface area contributed by atoms with Gasteiger partial charge in [0, 0.05) is 44.7 Å². The highest BCUT2D eigenvalue weighted by atomic mass is 15.2. The van der Waals surface area contributed by atoms with Gasteiger partial charge in [-0.25, -0.2) is 0 Å². The summed E-state index contributed by atoms with van der Waals surface area (Å²) in [4.78, 5) is 4.90. The molecule has 0 saturated heterocycles. The highest BCUT2D eigenvalue weighted by Crippen LogP contribution is 2.53. The minimum atomic E-state index is -0.0892. The maximum atomic E-state index is 2.45. The van der Waals surface area contributed by atoms with Crippen LogP contribution >= 0.6 is 0 Å². The fourth-order valence-electron chi connectivity index (χ4n) is 11.9.